The van der Waals surface area contributed by atoms with Crippen LogP contribution in [-0.4, -0.2) is 45.0 Å². The summed E-state index contributed by atoms with van der Waals surface area (Å²) in [6, 6.07) is 5.14. The monoisotopic (exact) mass is 330 g/mol. The third-order valence-electron chi connectivity index (χ3n) is 4.32. The number of aryl methyl sites for hydroxylation is 2. The van der Waals surface area contributed by atoms with E-state index in [0.29, 0.717) is 12.2 Å². The van der Waals surface area contributed by atoms with Crippen molar-refractivity contribution in [1.82, 2.24) is 25.3 Å². The maximum Gasteiger partial charge on any atom is 0.269 e. The number of piperidine rings is 1. The second-order valence-corrected chi connectivity index (χ2v) is 6.13. The van der Waals surface area contributed by atoms with Gasteiger partial charge in [0, 0.05) is 32.2 Å². The highest BCUT2D eigenvalue weighted by molar-refractivity contribution is 5.92. The summed E-state index contributed by atoms with van der Waals surface area (Å²) in [4.78, 5) is 25.7. The van der Waals surface area contributed by atoms with Crippen molar-refractivity contribution >= 4 is 11.7 Å². The van der Waals surface area contributed by atoms with Crippen LogP contribution in [0, 0.1) is 6.92 Å². The van der Waals surface area contributed by atoms with Gasteiger partial charge in [-0.2, -0.15) is 10.2 Å². The van der Waals surface area contributed by atoms with Crippen molar-refractivity contribution < 1.29 is 4.79 Å². The fourth-order valence-corrected chi connectivity index (χ4v) is 3.14. The largest absolute Gasteiger partial charge is 0.350 e. The number of rotatable bonds is 4. The lowest BCUT2D eigenvalue weighted by Gasteiger charge is -2.36. The quantitative estimate of drug-likeness (QED) is 0.856. The molecular formula is C16H22N6O2. The summed E-state index contributed by atoms with van der Waals surface area (Å²) in [6.45, 7) is 3.26. The van der Waals surface area contributed by atoms with E-state index in [4.69, 9.17) is 0 Å². The second kappa shape index (κ2) is 6.86. The predicted molar refractivity (Wildman–Crippen MR) is 90.1 cm³/mol. The topological polar surface area (TPSA) is 95.9 Å². The first-order valence-corrected chi connectivity index (χ1v) is 8.16. The number of anilines is 1. The Balaban J connectivity index is 1.68. The standard InChI is InChI=1S/C16H22N6O2/c1-11-9-13(21(2)20-11)16(24)17-10-12-5-3-4-8-22(12)14-6-7-15(23)19-18-14/h6-7,9,12H,3-5,8,10H2,1-2H3,(H,17,24)(H,19,23). The van der Waals surface area contributed by atoms with Crippen molar-refractivity contribution in [3.8, 4) is 0 Å². The maximum absolute atomic E-state index is 12.4. The molecule has 1 unspecified atom stereocenters. The molecule has 2 aromatic heterocycles. The number of aromatic nitrogens is 4. The molecule has 128 valence electrons. The van der Waals surface area contributed by atoms with Gasteiger partial charge in [-0.1, -0.05) is 0 Å². The Kier molecular flexibility index (Phi) is 4.64. The second-order valence-electron chi connectivity index (χ2n) is 6.13. The molecule has 1 saturated heterocycles. The van der Waals surface area contributed by atoms with Gasteiger partial charge in [-0.05, 0) is 38.3 Å². The van der Waals surface area contributed by atoms with E-state index in [1.165, 1.54) is 6.07 Å². The highest BCUT2D eigenvalue weighted by Crippen LogP contribution is 2.21. The van der Waals surface area contributed by atoms with Crippen molar-refractivity contribution in [3.05, 3.63) is 39.9 Å². The summed E-state index contributed by atoms with van der Waals surface area (Å²) in [7, 11) is 1.76. The molecule has 0 aromatic carbocycles. The molecule has 3 rings (SSSR count). The van der Waals surface area contributed by atoms with Crippen LogP contribution in [-0.2, 0) is 7.05 Å². The number of aromatic amines is 1. The van der Waals surface area contributed by atoms with E-state index in [1.54, 1.807) is 23.9 Å². The first-order chi connectivity index (χ1) is 11.5. The lowest BCUT2D eigenvalue weighted by Crippen LogP contribution is -2.47. The molecule has 8 nitrogen and oxygen atoms in total. The number of amides is 1. The third-order valence-corrected chi connectivity index (χ3v) is 4.32. The van der Waals surface area contributed by atoms with Crippen molar-refractivity contribution in [1.29, 1.82) is 0 Å². The van der Waals surface area contributed by atoms with Gasteiger partial charge in [0.2, 0.25) is 0 Å². The van der Waals surface area contributed by atoms with Gasteiger partial charge < -0.3 is 10.2 Å². The first kappa shape index (κ1) is 16.2. The number of carbonyl (C=O) groups excluding carboxylic acids is 1. The Morgan fingerprint density at radius 2 is 2.25 bits per heavy atom. The molecule has 0 saturated carbocycles. The molecule has 24 heavy (non-hydrogen) atoms. The summed E-state index contributed by atoms with van der Waals surface area (Å²) in [5.74, 6) is 0.614. The van der Waals surface area contributed by atoms with Gasteiger partial charge in [-0.25, -0.2) is 5.10 Å². The van der Waals surface area contributed by atoms with Crippen LogP contribution in [0.1, 0.15) is 35.4 Å². The Morgan fingerprint density at radius 3 is 2.92 bits per heavy atom. The molecule has 0 spiro atoms. The van der Waals surface area contributed by atoms with Crippen LogP contribution in [0.5, 0.6) is 0 Å². The lowest BCUT2D eigenvalue weighted by molar-refractivity contribution is 0.0940. The van der Waals surface area contributed by atoms with Crippen LogP contribution >= 0.6 is 0 Å². The molecule has 1 aliphatic rings. The van der Waals surface area contributed by atoms with Gasteiger partial charge in [0.05, 0.1) is 5.69 Å². The van der Waals surface area contributed by atoms with Crippen LogP contribution in [0.15, 0.2) is 23.0 Å². The van der Waals surface area contributed by atoms with Crippen LogP contribution in [0.4, 0.5) is 5.82 Å². The minimum atomic E-state index is -0.216. The Morgan fingerprint density at radius 1 is 1.42 bits per heavy atom. The minimum Gasteiger partial charge on any atom is -0.350 e. The van der Waals surface area contributed by atoms with Gasteiger partial charge >= 0.3 is 0 Å². The Bertz CT molecular complexity index is 761. The summed E-state index contributed by atoms with van der Waals surface area (Å²) in [6.07, 6.45) is 3.17. The van der Waals surface area contributed by atoms with Crippen molar-refractivity contribution in [2.24, 2.45) is 7.05 Å². The zero-order valence-corrected chi connectivity index (χ0v) is 14.0. The summed E-state index contributed by atoms with van der Waals surface area (Å²) >= 11 is 0. The molecule has 3 heterocycles. The van der Waals surface area contributed by atoms with E-state index in [0.717, 1.165) is 37.3 Å². The molecule has 2 aromatic rings. The average molecular weight is 330 g/mol. The SMILES string of the molecule is Cc1cc(C(=O)NCC2CCCCN2c2ccc(=O)[nH]n2)n(C)n1. The van der Waals surface area contributed by atoms with Crippen LogP contribution in [0.25, 0.3) is 0 Å². The highest BCUT2D eigenvalue weighted by Gasteiger charge is 2.24. The molecule has 1 fully saturated rings. The Labute approximate surface area is 139 Å². The third kappa shape index (κ3) is 3.47. The first-order valence-electron chi connectivity index (χ1n) is 8.16. The number of H-pyrrole nitrogens is 1. The number of hydrogen-bond acceptors (Lipinski definition) is 5. The molecule has 0 aliphatic carbocycles. The lowest BCUT2D eigenvalue weighted by atomic mass is 10.0. The fraction of sp³-hybridized carbons (Fsp3) is 0.500. The van der Waals surface area contributed by atoms with Crippen molar-refractivity contribution in [2.45, 2.75) is 32.2 Å². The predicted octanol–water partition coefficient (Wildman–Crippen LogP) is 0.601. The molecule has 0 bridgehead atoms. The van der Waals surface area contributed by atoms with E-state index >= 15 is 0 Å². The zero-order chi connectivity index (χ0) is 17.1. The molecule has 2 N–H and O–H groups in total. The molecular weight excluding hydrogens is 308 g/mol. The molecule has 1 atom stereocenters. The molecule has 8 heteroatoms. The number of hydrogen-bond donors (Lipinski definition) is 2. The smallest absolute Gasteiger partial charge is 0.269 e. The van der Waals surface area contributed by atoms with E-state index < -0.39 is 0 Å². The van der Waals surface area contributed by atoms with Gasteiger partial charge in [0.15, 0.2) is 0 Å². The van der Waals surface area contributed by atoms with Crippen LogP contribution in [0.3, 0.4) is 0 Å². The number of carbonyl (C=O) groups is 1. The fourth-order valence-electron chi connectivity index (χ4n) is 3.14. The maximum atomic E-state index is 12.4. The molecule has 1 amide bonds. The van der Waals surface area contributed by atoms with E-state index in [-0.39, 0.29) is 17.5 Å². The number of nitrogens with zero attached hydrogens (tertiary/aromatic N) is 4. The highest BCUT2D eigenvalue weighted by atomic mass is 16.2. The minimum absolute atomic E-state index is 0.127. The van der Waals surface area contributed by atoms with E-state index in [9.17, 15) is 9.59 Å². The average Bonchev–Trinajstić information content (AvgIpc) is 2.92. The molecule has 0 radical (unpaired) electrons. The summed E-state index contributed by atoms with van der Waals surface area (Å²) in [5.41, 5.74) is 1.16. The normalized spacial score (nSPS) is 17.8. The Hall–Kier alpha value is -2.64. The summed E-state index contributed by atoms with van der Waals surface area (Å²) in [5, 5.41) is 13.8. The van der Waals surface area contributed by atoms with Crippen LogP contribution in [0.2, 0.25) is 0 Å². The van der Waals surface area contributed by atoms with Gasteiger partial charge in [-0.15, -0.1) is 0 Å². The zero-order valence-electron chi connectivity index (χ0n) is 14.0. The molecule has 1 aliphatic heterocycles. The van der Waals surface area contributed by atoms with Crippen molar-refractivity contribution in [3.63, 3.8) is 0 Å². The van der Waals surface area contributed by atoms with Gasteiger partial charge in [-0.3, -0.25) is 14.3 Å². The van der Waals surface area contributed by atoms with Gasteiger partial charge in [0.1, 0.15) is 11.5 Å². The van der Waals surface area contributed by atoms with Crippen molar-refractivity contribution in [2.75, 3.05) is 18.0 Å². The summed E-state index contributed by atoms with van der Waals surface area (Å²) < 4.78 is 1.59. The van der Waals surface area contributed by atoms with E-state index in [1.807, 2.05) is 6.92 Å². The number of nitrogens with one attached hydrogen (secondary N) is 2. The van der Waals surface area contributed by atoms with Gasteiger partial charge in [0.25, 0.3) is 11.5 Å². The van der Waals surface area contributed by atoms with E-state index in [2.05, 4.69) is 25.5 Å². The van der Waals surface area contributed by atoms with Crippen LogP contribution < -0.4 is 15.8 Å².